The normalized spacial score (nSPS) is 22.6. The standard InChI is InChI=1S/C26H38FN5O.CH2O2/c1-5-30-18-26(19-30)7-6-23(14-26)31-8-10-32(11-9-31)24-13-22(27)15-28-25(24)21(16-29(3)4)12-20(2)17-33;2-1-3/h12-13,15-17,23H,5-11,14,18-19H2,1-4H3;1H,(H,2,3)/b20-12-,21-16+;. The average molecular weight is 502 g/mol. The van der Waals surface area contributed by atoms with Gasteiger partial charge in [-0.05, 0) is 49.8 Å². The fraction of sp³-hybridized carbons (Fsp3) is 0.593. The van der Waals surface area contributed by atoms with Crippen LogP contribution < -0.4 is 4.90 Å². The highest BCUT2D eigenvalue weighted by atomic mass is 19.1. The molecule has 1 atom stereocenters. The molecule has 1 spiro atoms. The van der Waals surface area contributed by atoms with Crippen LogP contribution in [0.2, 0.25) is 0 Å². The van der Waals surface area contributed by atoms with E-state index in [1.54, 1.807) is 13.0 Å². The number of nitrogens with zero attached hydrogens (tertiary/aromatic N) is 5. The fourth-order valence-electron chi connectivity index (χ4n) is 5.85. The molecule has 198 valence electrons. The second kappa shape index (κ2) is 12.5. The van der Waals surface area contributed by atoms with Gasteiger partial charge in [0.1, 0.15) is 12.1 Å². The number of carbonyl (C=O) groups is 2. The predicted octanol–water partition coefficient (Wildman–Crippen LogP) is 2.97. The molecular formula is C27H40FN5O3. The summed E-state index contributed by atoms with van der Waals surface area (Å²) in [5.41, 5.74) is 3.50. The summed E-state index contributed by atoms with van der Waals surface area (Å²) < 4.78 is 14.3. The third-order valence-corrected chi connectivity index (χ3v) is 7.49. The van der Waals surface area contributed by atoms with Gasteiger partial charge in [-0.2, -0.15) is 0 Å². The Morgan fingerprint density at radius 3 is 2.50 bits per heavy atom. The van der Waals surface area contributed by atoms with E-state index in [9.17, 15) is 9.18 Å². The summed E-state index contributed by atoms with van der Waals surface area (Å²) in [4.78, 5) is 33.5. The van der Waals surface area contributed by atoms with Crippen LogP contribution in [0.1, 0.15) is 38.8 Å². The van der Waals surface area contributed by atoms with Crippen LogP contribution in [0, 0.1) is 11.2 Å². The Labute approximate surface area is 214 Å². The average Bonchev–Trinajstić information content (AvgIpc) is 3.29. The van der Waals surface area contributed by atoms with Crippen LogP contribution in [-0.2, 0) is 9.59 Å². The van der Waals surface area contributed by atoms with E-state index in [-0.39, 0.29) is 12.3 Å². The van der Waals surface area contributed by atoms with Crippen LogP contribution in [0.3, 0.4) is 0 Å². The highest BCUT2D eigenvalue weighted by Gasteiger charge is 2.48. The van der Waals surface area contributed by atoms with Crippen molar-refractivity contribution in [1.82, 2.24) is 19.7 Å². The van der Waals surface area contributed by atoms with Gasteiger partial charge in [0, 0.05) is 77.2 Å². The molecule has 0 radical (unpaired) electrons. The zero-order valence-electron chi connectivity index (χ0n) is 22.0. The number of carboxylic acid groups (broad SMARTS) is 1. The molecule has 1 aromatic rings. The number of allylic oxidation sites excluding steroid dienone is 3. The first-order valence-electron chi connectivity index (χ1n) is 12.7. The number of piperazine rings is 1. The molecular weight excluding hydrogens is 461 g/mol. The van der Waals surface area contributed by atoms with Crippen LogP contribution in [0.5, 0.6) is 0 Å². The molecule has 2 aliphatic heterocycles. The van der Waals surface area contributed by atoms with Crippen molar-refractivity contribution in [3.05, 3.63) is 41.6 Å². The molecule has 0 amide bonds. The molecule has 36 heavy (non-hydrogen) atoms. The first kappa shape index (κ1) is 27.8. The van der Waals surface area contributed by atoms with Gasteiger partial charge in [0.15, 0.2) is 0 Å². The van der Waals surface area contributed by atoms with Gasteiger partial charge in [0.05, 0.1) is 17.6 Å². The molecule has 3 fully saturated rings. The molecule has 1 N–H and O–H groups in total. The quantitative estimate of drug-likeness (QED) is 0.347. The van der Waals surface area contributed by atoms with E-state index >= 15 is 0 Å². The van der Waals surface area contributed by atoms with E-state index in [4.69, 9.17) is 9.90 Å². The van der Waals surface area contributed by atoms with Gasteiger partial charge in [0.2, 0.25) is 0 Å². The Hall–Kier alpha value is -2.78. The predicted molar refractivity (Wildman–Crippen MR) is 140 cm³/mol. The van der Waals surface area contributed by atoms with E-state index in [1.807, 2.05) is 31.3 Å². The topological polar surface area (TPSA) is 80.2 Å². The molecule has 2 saturated heterocycles. The molecule has 0 bridgehead atoms. The number of rotatable bonds is 7. The van der Waals surface area contributed by atoms with Gasteiger partial charge in [-0.1, -0.05) is 6.92 Å². The Bertz CT molecular complexity index is 966. The molecule has 8 nitrogen and oxygen atoms in total. The maximum Gasteiger partial charge on any atom is 0.290 e. The lowest BCUT2D eigenvalue weighted by molar-refractivity contribution is -0.122. The molecule has 1 saturated carbocycles. The maximum absolute atomic E-state index is 14.3. The molecule has 3 aliphatic rings. The number of aromatic nitrogens is 1. The summed E-state index contributed by atoms with van der Waals surface area (Å²) >= 11 is 0. The lowest BCUT2D eigenvalue weighted by atomic mass is 9.78. The molecule has 1 aliphatic carbocycles. The second-order valence-electron chi connectivity index (χ2n) is 10.4. The molecule has 1 aromatic heterocycles. The van der Waals surface area contributed by atoms with Gasteiger partial charge in [0.25, 0.3) is 6.47 Å². The third kappa shape index (κ3) is 6.70. The number of anilines is 1. The summed E-state index contributed by atoms with van der Waals surface area (Å²) in [6.07, 6.45) is 9.83. The first-order valence-corrected chi connectivity index (χ1v) is 12.7. The monoisotopic (exact) mass is 501 g/mol. The number of hydrogen-bond acceptors (Lipinski definition) is 7. The van der Waals surface area contributed by atoms with Gasteiger partial charge in [-0.15, -0.1) is 0 Å². The van der Waals surface area contributed by atoms with Gasteiger partial charge < -0.3 is 19.8 Å². The Kier molecular flexibility index (Phi) is 9.62. The number of pyridine rings is 1. The van der Waals surface area contributed by atoms with Crippen molar-refractivity contribution >= 4 is 24.0 Å². The molecule has 3 heterocycles. The minimum absolute atomic E-state index is 0.250. The zero-order valence-corrected chi connectivity index (χ0v) is 22.0. The van der Waals surface area contributed by atoms with Crippen LogP contribution >= 0.6 is 0 Å². The van der Waals surface area contributed by atoms with Gasteiger partial charge in [-0.3, -0.25) is 19.5 Å². The van der Waals surface area contributed by atoms with E-state index < -0.39 is 0 Å². The second-order valence-corrected chi connectivity index (χ2v) is 10.4. The zero-order chi connectivity index (χ0) is 26.3. The summed E-state index contributed by atoms with van der Waals surface area (Å²) in [6.45, 7) is 11.2. The number of carbonyl (C=O) groups excluding carboxylic acids is 1. The Morgan fingerprint density at radius 1 is 1.25 bits per heavy atom. The van der Waals surface area contributed by atoms with E-state index in [2.05, 4.69) is 26.6 Å². The minimum atomic E-state index is -0.334. The van der Waals surface area contributed by atoms with Crippen molar-refractivity contribution < 1.29 is 19.1 Å². The highest BCUT2D eigenvalue weighted by molar-refractivity contribution is 5.85. The van der Waals surface area contributed by atoms with Gasteiger partial charge in [-0.25, -0.2) is 4.39 Å². The molecule has 0 aromatic carbocycles. The lowest BCUT2D eigenvalue weighted by Gasteiger charge is -2.49. The summed E-state index contributed by atoms with van der Waals surface area (Å²) in [5.74, 6) is -0.334. The SMILES string of the molecule is CCN1CC2(CCC(N3CCN(c4cc(F)cnc4C(/C=C(/C)C=O)=C/N(C)C)CC3)C2)C1.O=CO. The number of aldehydes is 1. The molecule has 4 rings (SSSR count). The fourth-order valence-corrected chi connectivity index (χ4v) is 5.85. The van der Waals surface area contributed by atoms with Crippen molar-refractivity contribution in [1.29, 1.82) is 0 Å². The molecule has 1 unspecified atom stereocenters. The third-order valence-electron chi connectivity index (χ3n) is 7.49. The van der Waals surface area contributed by atoms with E-state index in [1.165, 1.54) is 45.1 Å². The van der Waals surface area contributed by atoms with E-state index in [0.29, 0.717) is 22.7 Å². The van der Waals surface area contributed by atoms with Crippen molar-refractivity contribution in [2.45, 2.75) is 39.2 Å². The van der Waals surface area contributed by atoms with Crippen molar-refractivity contribution in [2.75, 3.05) is 64.8 Å². The van der Waals surface area contributed by atoms with Crippen LogP contribution in [0.15, 0.2) is 30.1 Å². The van der Waals surface area contributed by atoms with Gasteiger partial charge >= 0.3 is 0 Å². The maximum atomic E-state index is 14.3. The number of likely N-dealkylation sites (tertiary alicyclic amines) is 1. The van der Waals surface area contributed by atoms with E-state index in [0.717, 1.165) is 43.7 Å². The lowest BCUT2D eigenvalue weighted by Crippen LogP contribution is -2.56. The van der Waals surface area contributed by atoms with Crippen LogP contribution in [0.4, 0.5) is 10.1 Å². The number of halogens is 1. The summed E-state index contributed by atoms with van der Waals surface area (Å²) in [5, 5.41) is 6.89. The van der Waals surface area contributed by atoms with Crippen LogP contribution in [0.25, 0.3) is 5.57 Å². The van der Waals surface area contributed by atoms with Crippen molar-refractivity contribution in [3.63, 3.8) is 0 Å². The van der Waals surface area contributed by atoms with Crippen molar-refractivity contribution in [3.8, 4) is 0 Å². The Morgan fingerprint density at radius 2 is 1.92 bits per heavy atom. The minimum Gasteiger partial charge on any atom is -0.483 e. The number of hydrogen-bond donors (Lipinski definition) is 1. The smallest absolute Gasteiger partial charge is 0.290 e. The molecule has 9 heteroatoms. The Balaban J connectivity index is 0.00000115. The summed E-state index contributed by atoms with van der Waals surface area (Å²) in [6, 6.07) is 2.27. The summed E-state index contributed by atoms with van der Waals surface area (Å²) in [7, 11) is 3.87. The van der Waals surface area contributed by atoms with Crippen LogP contribution in [-0.4, -0.2) is 103 Å². The first-order chi connectivity index (χ1) is 17.2. The van der Waals surface area contributed by atoms with Crippen molar-refractivity contribution in [2.24, 2.45) is 5.41 Å². The largest absolute Gasteiger partial charge is 0.483 e. The highest BCUT2D eigenvalue weighted by Crippen LogP contribution is 2.47.